The Morgan fingerprint density at radius 2 is 2.06 bits per heavy atom. The first-order chi connectivity index (χ1) is 17.2. The van der Waals surface area contributed by atoms with E-state index in [9.17, 15) is 9.18 Å². The Kier molecular flexibility index (Phi) is 6.94. The van der Waals surface area contributed by atoms with Gasteiger partial charge in [0.15, 0.2) is 0 Å². The molecule has 1 atom stereocenters. The van der Waals surface area contributed by atoms with Crippen LogP contribution in [0.2, 0.25) is 0 Å². The van der Waals surface area contributed by atoms with Crippen LogP contribution in [-0.4, -0.2) is 51.7 Å². The first-order valence-electron chi connectivity index (χ1n) is 11.7. The van der Waals surface area contributed by atoms with E-state index < -0.39 is 0 Å². The zero-order valence-corrected chi connectivity index (χ0v) is 19.2. The summed E-state index contributed by atoms with van der Waals surface area (Å²) in [5.74, 6) is 0.728. The highest BCUT2D eigenvalue weighted by Gasteiger charge is 2.19. The largest absolute Gasteiger partial charge is 0.473 e. The molecule has 1 fully saturated rings. The summed E-state index contributed by atoms with van der Waals surface area (Å²) < 4.78 is 25.2. The number of benzene rings is 2. The van der Waals surface area contributed by atoms with Crippen LogP contribution in [0.5, 0.6) is 5.88 Å². The molecule has 1 saturated heterocycles. The van der Waals surface area contributed by atoms with Crippen LogP contribution in [0.25, 0.3) is 22.3 Å². The molecule has 8 nitrogen and oxygen atoms in total. The lowest BCUT2D eigenvalue weighted by molar-refractivity contribution is 0.0666. The number of halogens is 1. The number of amides is 1. The first kappa shape index (κ1) is 22.9. The third kappa shape index (κ3) is 5.63. The van der Waals surface area contributed by atoms with Crippen LogP contribution in [0.4, 0.5) is 4.39 Å². The molecule has 0 saturated carbocycles. The smallest absolute Gasteiger partial charge is 0.251 e. The number of nitrogens with zero attached hydrogens (tertiary/aromatic N) is 3. The Bertz CT molecular complexity index is 1290. The van der Waals surface area contributed by atoms with Gasteiger partial charge in [0.1, 0.15) is 23.9 Å². The van der Waals surface area contributed by atoms with Crippen molar-refractivity contribution in [2.45, 2.75) is 31.8 Å². The van der Waals surface area contributed by atoms with E-state index in [1.165, 1.54) is 12.1 Å². The minimum absolute atomic E-state index is 0.0208. The summed E-state index contributed by atoms with van der Waals surface area (Å²) in [6, 6.07) is 11.2. The number of H-pyrrole nitrogens is 1. The van der Waals surface area contributed by atoms with Gasteiger partial charge in [-0.25, -0.2) is 19.3 Å². The molecule has 0 aliphatic carbocycles. The minimum Gasteiger partial charge on any atom is -0.473 e. The molecule has 0 spiro atoms. The second-order valence-corrected chi connectivity index (χ2v) is 8.43. The van der Waals surface area contributed by atoms with Gasteiger partial charge in [-0.2, -0.15) is 0 Å². The Labute approximate surface area is 201 Å². The molecule has 1 unspecified atom stereocenters. The molecule has 1 amide bonds. The van der Waals surface area contributed by atoms with E-state index in [-0.39, 0.29) is 17.8 Å². The Balaban J connectivity index is 1.35. The normalized spacial score (nSPS) is 15.4. The quantitative estimate of drug-likeness (QED) is 0.354. The Morgan fingerprint density at radius 3 is 2.83 bits per heavy atom. The van der Waals surface area contributed by atoms with Crippen LogP contribution < -0.4 is 10.1 Å². The summed E-state index contributed by atoms with van der Waals surface area (Å²) in [5.41, 5.74) is 2.81. The summed E-state index contributed by atoms with van der Waals surface area (Å²) in [4.78, 5) is 29.3. The summed E-state index contributed by atoms with van der Waals surface area (Å²) in [7, 11) is 0. The van der Waals surface area contributed by atoms with Crippen LogP contribution in [-0.2, 0) is 11.2 Å². The summed E-state index contributed by atoms with van der Waals surface area (Å²) in [5, 5.41) is 2.93. The number of carbonyl (C=O) groups is 1. The number of hydrogen-bond donors (Lipinski definition) is 2. The average Bonchev–Trinajstić information content (AvgIpc) is 3.59. The molecule has 2 aromatic heterocycles. The number of aryl methyl sites for hydroxylation is 1. The number of aromatic nitrogens is 4. The summed E-state index contributed by atoms with van der Waals surface area (Å²) in [6.45, 7) is 1.63. The fraction of sp³-hybridized carbons (Fsp3) is 0.308. The van der Waals surface area contributed by atoms with Crippen molar-refractivity contribution in [3.05, 3.63) is 72.1 Å². The molecule has 0 radical (unpaired) electrons. The van der Waals surface area contributed by atoms with E-state index >= 15 is 0 Å². The van der Waals surface area contributed by atoms with E-state index in [2.05, 4.69) is 20.3 Å². The fourth-order valence-electron chi connectivity index (χ4n) is 4.02. The van der Waals surface area contributed by atoms with Gasteiger partial charge >= 0.3 is 0 Å². The van der Waals surface area contributed by atoms with Crippen molar-refractivity contribution in [1.29, 1.82) is 0 Å². The maximum Gasteiger partial charge on any atom is 0.251 e. The number of ether oxygens (including phenoxy) is 2. The number of nitrogens with one attached hydrogen (secondary N) is 2. The topological polar surface area (TPSA) is 102 Å². The van der Waals surface area contributed by atoms with Gasteiger partial charge in [0.05, 0.1) is 17.1 Å². The Hall–Kier alpha value is -3.85. The lowest BCUT2D eigenvalue weighted by atomic mass is 10.1. The molecule has 4 aromatic rings. The van der Waals surface area contributed by atoms with Crippen molar-refractivity contribution in [2.24, 2.45) is 0 Å². The number of imidazole rings is 1. The maximum absolute atomic E-state index is 13.5. The van der Waals surface area contributed by atoms with Crippen molar-refractivity contribution in [2.75, 3.05) is 19.8 Å². The molecule has 5 rings (SSSR count). The van der Waals surface area contributed by atoms with E-state index in [0.29, 0.717) is 46.9 Å². The van der Waals surface area contributed by atoms with Crippen molar-refractivity contribution in [1.82, 2.24) is 25.3 Å². The molecular formula is C26H26FN5O3. The zero-order chi connectivity index (χ0) is 24.0. The third-order valence-electron chi connectivity index (χ3n) is 5.87. The molecule has 1 aliphatic heterocycles. The molecular weight excluding hydrogens is 449 g/mol. The number of hydrogen-bond acceptors (Lipinski definition) is 6. The second kappa shape index (κ2) is 10.6. The van der Waals surface area contributed by atoms with Crippen molar-refractivity contribution >= 4 is 16.9 Å². The van der Waals surface area contributed by atoms with Crippen LogP contribution in [0.1, 0.15) is 35.4 Å². The highest BCUT2D eigenvalue weighted by atomic mass is 19.1. The fourth-order valence-corrected chi connectivity index (χ4v) is 4.02. The summed E-state index contributed by atoms with van der Waals surface area (Å²) in [6.07, 6.45) is 6.99. The van der Waals surface area contributed by atoms with Gasteiger partial charge in [0.25, 0.3) is 5.91 Å². The van der Waals surface area contributed by atoms with Gasteiger partial charge in [-0.05, 0) is 61.7 Å². The van der Waals surface area contributed by atoms with Gasteiger partial charge in [-0.1, -0.05) is 0 Å². The average molecular weight is 476 g/mol. The molecule has 1 aliphatic rings. The van der Waals surface area contributed by atoms with E-state index in [1.54, 1.807) is 42.7 Å². The maximum atomic E-state index is 13.5. The standard InChI is InChI=1S/C26H26FN5O3/c27-19-8-5-17(6-9-19)24-26(35-16-20-3-2-14-34-20)32-21-10-7-18(15-22(21)31-24)25(33)30-11-1-4-23-28-12-13-29-23/h5-10,12-13,15,20H,1-4,11,14,16H2,(H,28,29)(H,30,33). The molecule has 0 bridgehead atoms. The van der Waals surface area contributed by atoms with Gasteiger partial charge in [0, 0.05) is 43.1 Å². The van der Waals surface area contributed by atoms with Crippen LogP contribution in [0, 0.1) is 5.82 Å². The minimum atomic E-state index is -0.338. The van der Waals surface area contributed by atoms with E-state index in [4.69, 9.17) is 14.5 Å². The number of aromatic amines is 1. The molecule has 3 heterocycles. The number of rotatable bonds is 9. The van der Waals surface area contributed by atoms with Crippen LogP contribution in [0.3, 0.4) is 0 Å². The third-order valence-corrected chi connectivity index (χ3v) is 5.87. The molecule has 2 aromatic carbocycles. The lowest BCUT2D eigenvalue weighted by Gasteiger charge is -2.14. The van der Waals surface area contributed by atoms with E-state index in [1.807, 2.05) is 0 Å². The molecule has 9 heteroatoms. The SMILES string of the molecule is O=C(NCCCc1ncc[nH]1)c1ccc2nc(OCC3CCCO3)c(-c3ccc(F)cc3)nc2c1. The highest BCUT2D eigenvalue weighted by molar-refractivity contribution is 5.97. The molecule has 35 heavy (non-hydrogen) atoms. The zero-order valence-electron chi connectivity index (χ0n) is 19.2. The predicted octanol–water partition coefficient (Wildman–Crippen LogP) is 4.08. The van der Waals surface area contributed by atoms with Crippen molar-refractivity contribution in [3.63, 3.8) is 0 Å². The molecule has 2 N–H and O–H groups in total. The van der Waals surface area contributed by atoms with Crippen LogP contribution >= 0.6 is 0 Å². The first-order valence-corrected chi connectivity index (χ1v) is 11.7. The monoisotopic (exact) mass is 475 g/mol. The van der Waals surface area contributed by atoms with E-state index in [0.717, 1.165) is 38.1 Å². The van der Waals surface area contributed by atoms with Gasteiger partial charge in [-0.15, -0.1) is 0 Å². The van der Waals surface area contributed by atoms with Gasteiger partial charge < -0.3 is 19.8 Å². The number of carbonyl (C=O) groups excluding carboxylic acids is 1. The van der Waals surface area contributed by atoms with Gasteiger partial charge in [-0.3, -0.25) is 4.79 Å². The second-order valence-electron chi connectivity index (χ2n) is 8.43. The van der Waals surface area contributed by atoms with Crippen molar-refractivity contribution < 1.29 is 18.7 Å². The molecule has 180 valence electrons. The number of fused-ring (bicyclic) bond motifs is 1. The Morgan fingerprint density at radius 1 is 1.17 bits per heavy atom. The van der Waals surface area contributed by atoms with Crippen molar-refractivity contribution in [3.8, 4) is 17.1 Å². The van der Waals surface area contributed by atoms with Crippen LogP contribution in [0.15, 0.2) is 54.9 Å². The predicted molar refractivity (Wildman–Crippen MR) is 129 cm³/mol. The lowest BCUT2D eigenvalue weighted by Crippen LogP contribution is -2.24. The van der Waals surface area contributed by atoms with Gasteiger partial charge in [0.2, 0.25) is 5.88 Å². The summed E-state index contributed by atoms with van der Waals surface area (Å²) >= 11 is 0. The highest BCUT2D eigenvalue weighted by Crippen LogP contribution is 2.30.